The Kier molecular flexibility index (Phi) is 6.99. The van der Waals surface area contributed by atoms with Gasteiger partial charge in [-0.1, -0.05) is 36.7 Å². The number of hydrogen-bond donors (Lipinski definition) is 1. The minimum atomic E-state index is -3.08. The van der Waals surface area contributed by atoms with E-state index in [0.717, 1.165) is 6.42 Å². The Morgan fingerprint density at radius 1 is 1.36 bits per heavy atom. The summed E-state index contributed by atoms with van der Waals surface area (Å²) < 4.78 is 25.7. The second kappa shape index (κ2) is 6.80. The fourth-order valence-electron chi connectivity index (χ4n) is 0.928. The molecule has 0 spiro atoms. The molecule has 0 aromatic rings. The van der Waals surface area contributed by atoms with Crippen LogP contribution in [0, 0.1) is 5.92 Å². The first-order chi connectivity index (χ1) is 6.41. The fourth-order valence-corrected chi connectivity index (χ4v) is 3.42. The molecule has 0 saturated carbocycles. The predicted molar refractivity (Wildman–Crippen MR) is 64.3 cm³/mol. The van der Waals surface area contributed by atoms with Gasteiger partial charge in [-0.25, -0.2) is 13.1 Å². The molecule has 0 amide bonds. The van der Waals surface area contributed by atoms with Gasteiger partial charge in [0.15, 0.2) is 0 Å². The van der Waals surface area contributed by atoms with Gasteiger partial charge in [-0.3, -0.25) is 0 Å². The second-order valence-corrected chi connectivity index (χ2v) is 6.40. The Morgan fingerprint density at radius 3 is 2.29 bits per heavy atom. The van der Waals surface area contributed by atoms with Crippen molar-refractivity contribution >= 4 is 26.0 Å². The molecule has 0 rings (SSSR count). The molecule has 0 fully saturated rings. The third kappa shape index (κ3) is 6.79. The van der Waals surface area contributed by atoms with Crippen LogP contribution in [0.4, 0.5) is 0 Å². The van der Waals surface area contributed by atoms with Crippen LogP contribution >= 0.6 is 15.9 Å². The molecular weight excluding hydrogens is 266 g/mol. The Bertz CT molecular complexity index is 235. The Morgan fingerprint density at radius 2 is 1.93 bits per heavy atom. The van der Waals surface area contributed by atoms with Crippen molar-refractivity contribution in [2.45, 2.75) is 39.7 Å². The molecule has 0 aliphatic rings. The minimum absolute atomic E-state index is 0.0205. The quantitative estimate of drug-likeness (QED) is 0.729. The lowest BCUT2D eigenvalue weighted by molar-refractivity contribution is 0.544. The van der Waals surface area contributed by atoms with Gasteiger partial charge in [0.2, 0.25) is 10.0 Å². The number of rotatable bonds is 7. The molecule has 0 saturated heterocycles. The van der Waals surface area contributed by atoms with Crippen molar-refractivity contribution in [3.05, 3.63) is 0 Å². The zero-order chi connectivity index (χ0) is 11.2. The van der Waals surface area contributed by atoms with Crippen LogP contribution in [0.15, 0.2) is 0 Å². The summed E-state index contributed by atoms with van der Waals surface area (Å²) in [5.41, 5.74) is 0. The molecule has 1 unspecified atom stereocenters. The van der Waals surface area contributed by atoms with E-state index in [2.05, 4.69) is 20.7 Å². The molecule has 3 nitrogen and oxygen atoms in total. The lowest BCUT2D eigenvalue weighted by atomic mass is 10.2. The predicted octanol–water partition coefficient (Wildman–Crippen LogP) is 2.13. The standard InChI is InChI=1S/C9H20BrNO2S/c1-4-9(7-10)11-14(12,13)6-5-8(2)3/h8-9,11H,4-7H2,1-3H3. The largest absolute Gasteiger partial charge is 0.212 e. The Labute approximate surface area is 95.8 Å². The highest BCUT2D eigenvalue weighted by Crippen LogP contribution is 2.04. The summed E-state index contributed by atoms with van der Waals surface area (Å²) in [6.07, 6.45) is 1.53. The van der Waals surface area contributed by atoms with Gasteiger partial charge in [0.05, 0.1) is 5.75 Å². The number of sulfonamides is 1. The first-order valence-corrected chi connectivity index (χ1v) is 7.74. The maximum absolute atomic E-state index is 11.5. The topological polar surface area (TPSA) is 46.2 Å². The van der Waals surface area contributed by atoms with E-state index in [9.17, 15) is 8.42 Å². The first kappa shape index (κ1) is 14.4. The first-order valence-electron chi connectivity index (χ1n) is 4.97. The van der Waals surface area contributed by atoms with E-state index in [0.29, 0.717) is 17.7 Å². The number of hydrogen-bond acceptors (Lipinski definition) is 2. The highest BCUT2D eigenvalue weighted by molar-refractivity contribution is 9.09. The van der Waals surface area contributed by atoms with Gasteiger partial charge in [0, 0.05) is 11.4 Å². The van der Waals surface area contributed by atoms with Crippen molar-refractivity contribution < 1.29 is 8.42 Å². The van der Waals surface area contributed by atoms with E-state index < -0.39 is 10.0 Å². The van der Waals surface area contributed by atoms with Crippen LogP contribution in [-0.2, 0) is 10.0 Å². The van der Waals surface area contributed by atoms with Crippen molar-refractivity contribution in [2.24, 2.45) is 5.92 Å². The normalized spacial score (nSPS) is 14.6. The van der Waals surface area contributed by atoms with Gasteiger partial charge in [0.1, 0.15) is 0 Å². The van der Waals surface area contributed by atoms with E-state index >= 15 is 0 Å². The molecule has 1 N–H and O–H groups in total. The Balaban J connectivity index is 4.06. The van der Waals surface area contributed by atoms with Crippen LogP contribution in [0.5, 0.6) is 0 Å². The van der Waals surface area contributed by atoms with Crippen LogP contribution in [-0.4, -0.2) is 25.5 Å². The molecule has 86 valence electrons. The average Bonchev–Trinajstić information content (AvgIpc) is 2.11. The third-order valence-corrected chi connectivity index (χ3v) is 4.24. The van der Waals surface area contributed by atoms with Gasteiger partial charge < -0.3 is 0 Å². The molecule has 0 aromatic carbocycles. The average molecular weight is 286 g/mol. The van der Waals surface area contributed by atoms with Gasteiger partial charge in [-0.15, -0.1) is 0 Å². The van der Waals surface area contributed by atoms with Crippen molar-refractivity contribution in [3.8, 4) is 0 Å². The summed E-state index contributed by atoms with van der Waals surface area (Å²) in [6.45, 7) is 6.02. The molecule has 1 atom stereocenters. The van der Waals surface area contributed by atoms with Gasteiger partial charge >= 0.3 is 0 Å². The van der Waals surface area contributed by atoms with Gasteiger partial charge in [-0.05, 0) is 18.8 Å². The molecule has 5 heteroatoms. The number of alkyl halides is 1. The lowest BCUT2D eigenvalue weighted by Crippen LogP contribution is -2.37. The molecule has 14 heavy (non-hydrogen) atoms. The minimum Gasteiger partial charge on any atom is -0.212 e. The summed E-state index contributed by atoms with van der Waals surface area (Å²) in [4.78, 5) is 0. The van der Waals surface area contributed by atoms with Gasteiger partial charge in [-0.2, -0.15) is 0 Å². The van der Waals surface area contributed by atoms with Crippen LogP contribution in [0.3, 0.4) is 0 Å². The van der Waals surface area contributed by atoms with Crippen molar-refractivity contribution in [3.63, 3.8) is 0 Å². The SMILES string of the molecule is CCC(CBr)NS(=O)(=O)CCC(C)C. The van der Waals surface area contributed by atoms with Crippen LogP contribution < -0.4 is 4.72 Å². The molecule has 0 bridgehead atoms. The fraction of sp³-hybridized carbons (Fsp3) is 1.00. The van der Waals surface area contributed by atoms with E-state index in [1.165, 1.54) is 0 Å². The summed E-state index contributed by atoms with van der Waals surface area (Å²) in [6, 6.07) is 0.0205. The van der Waals surface area contributed by atoms with E-state index in [-0.39, 0.29) is 11.8 Å². The van der Waals surface area contributed by atoms with Crippen molar-refractivity contribution in [1.29, 1.82) is 0 Å². The summed E-state index contributed by atoms with van der Waals surface area (Å²) in [5.74, 6) is 0.657. The van der Waals surface area contributed by atoms with Crippen molar-refractivity contribution in [1.82, 2.24) is 4.72 Å². The third-order valence-electron chi connectivity index (χ3n) is 1.99. The van der Waals surface area contributed by atoms with Crippen LogP contribution in [0.2, 0.25) is 0 Å². The monoisotopic (exact) mass is 285 g/mol. The molecular formula is C9H20BrNO2S. The maximum Gasteiger partial charge on any atom is 0.211 e. The summed E-state index contributed by atoms with van der Waals surface area (Å²) >= 11 is 3.28. The Hall–Kier alpha value is 0.390. The zero-order valence-corrected chi connectivity index (χ0v) is 11.5. The number of halogens is 1. The second-order valence-electron chi connectivity index (χ2n) is 3.88. The van der Waals surface area contributed by atoms with E-state index in [1.807, 2.05) is 20.8 Å². The summed E-state index contributed by atoms with van der Waals surface area (Å²) in [5, 5.41) is 0.671. The molecule has 0 aliphatic carbocycles. The van der Waals surface area contributed by atoms with E-state index in [4.69, 9.17) is 0 Å². The maximum atomic E-state index is 11.5. The highest BCUT2D eigenvalue weighted by Gasteiger charge is 2.15. The number of nitrogens with one attached hydrogen (secondary N) is 1. The molecule has 0 radical (unpaired) electrons. The van der Waals surface area contributed by atoms with Gasteiger partial charge in [0.25, 0.3) is 0 Å². The van der Waals surface area contributed by atoms with E-state index in [1.54, 1.807) is 0 Å². The molecule has 0 heterocycles. The molecule has 0 aliphatic heterocycles. The lowest BCUT2D eigenvalue weighted by Gasteiger charge is -2.14. The molecule has 0 aromatic heterocycles. The highest BCUT2D eigenvalue weighted by atomic mass is 79.9. The smallest absolute Gasteiger partial charge is 0.211 e. The summed E-state index contributed by atoms with van der Waals surface area (Å²) in [7, 11) is -3.08. The van der Waals surface area contributed by atoms with Crippen molar-refractivity contribution in [2.75, 3.05) is 11.1 Å². The van der Waals surface area contributed by atoms with Crippen LogP contribution in [0.1, 0.15) is 33.6 Å². The zero-order valence-electron chi connectivity index (χ0n) is 9.09. The van der Waals surface area contributed by atoms with Crippen LogP contribution in [0.25, 0.3) is 0 Å².